The molecule has 1 aliphatic rings. The average Bonchev–Trinajstić information content (AvgIpc) is 2.28. The van der Waals surface area contributed by atoms with E-state index in [1.54, 1.807) is 0 Å². The Morgan fingerprint density at radius 2 is 2.00 bits per heavy atom. The van der Waals surface area contributed by atoms with Crippen LogP contribution in [0.1, 0.15) is 26.7 Å². The van der Waals surface area contributed by atoms with Crippen molar-refractivity contribution in [2.75, 3.05) is 25.6 Å². The second kappa shape index (κ2) is 5.30. The highest BCUT2D eigenvalue weighted by atomic mass is 79.9. The summed E-state index contributed by atoms with van der Waals surface area (Å²) in [5, 5.41) is 0.797. The highest BCUT2D eigenvalue weighted by Crippen LogP contribution is 2.22. The van der Waals surface area contributed by atoms with Crippen molar-refractivity contribution in [2.24, 2.45) is 5.92 Å². The molecule has 0 saturated carbocycles. The van der Waals surface area contributed by atoms with Gasteiger partial charge in [-0.15, -0.1) is 0 Å². The largest absolute Gasteiger partial charge is 0.381 e. The maximum absolute atomic E-state index is 12.2. The second-order valence-electron chi connectivity index (χ2n) is 4.73. The van der Waals surface area contributed by atoms with E-state index in [1.165, 1.54) is 0 Å². The van der Waals surface area contributed by atoms with Crippen LogP contribution in [0, 0.1) is 5.92 Å². The molecule has 0 aromatic rings. The standard InChI is InChI=1S/C11H20BrNO2/c1-11(2,8-12)13(3)10(14)9-4-6-15-7-5-9/h9H,4-8H2,1-3H3. The van der Waals surface area contributed by atoms with Crippen LogP contribution in [0.5, 0.6) is 0 Å². The Labute approximate surface area is 100 Å². The third kappa shape index (κ3) is 3.18. The molecule has 1 heterocycles. The molecule has 0 radical (unpaired) electrons. The second-order valence-corrected chi connectivity index (χ2v) is 5.29. The van der Waals surface area contributed by atoms with Crippen LogP contribution >= 0.6 is 15.9 Å². The zero-order valence-electron chi connectivity index (χ0n) is 9.75. The molecule has 0 spiro atoms. The SMILES string of the molecule is CN(C(=O)C1CCOCC1)C(C)(C)CBr. The summed E-state index contributed by atoms with van der Waals surface area (Å²) in [5.74, 6) is 0.407. The number of carbonyl (C=O) groups is 1. The van der Waals surface area contributed by atoms with Crippen LogP contribution in [0.15, 0.2) is 0 Å². The van der Waals surface area contributed by atoms with Crippen LogP contribution in [0.25, 0.3) is 0 Å². The van der Waals surface area contributed by atoms with Crippen LogP contribution in [0.3, 0.4) is 0 Å². The van der Waals surface area contributed by atoms with Crippen LogP contribution < -0.4 is 0 Å². The Bertz CT molecular complexity index is 225. The highest BCUT2D eigenvalue weighted by Gasteiger charge is 2.31. The van der Waals surface area contributed by atoms with Crippen LogP contribution in [0.2, 0.25) is 0 Å². The monoisotopic (exact) mass is 277 g/mol. The lowest BCUT2D eigenvalue weighted by Crippen LogP contribution is -2.49. The number of amides is 1. The molecular formula is C11H20BrNO2. The Balaban J connectivity index is 2.58. The van der Waals surface area contributed by atoms with E-state index in [1.807, 2.05) is 11.9 Å². The van der Waals surface area contributed by atoms with Crippen LogP contribution in [-0.4, -0.2) is 41.9 Å². The summed E-state index contributed by atoms with van der Waals surface area (Å²) in [6.07, 6.45) is 1.73. The van der Waals surface area contributed by atoms with Gasteiger partial charge in [-0.1, -0.05) is 15.9 Å². The predicted octanol–water partition coefficient (Wildman–Crippen LogP) is 2.04. The number of halogens is 1. The zero-order valence-corrected chi connectivity index (χ0v) is 11.3. The van der Waals surface area contributed by atoms with Gasteiger partial charge < -0.3 is 9.64 Å². The molecule has 4 heteroatoms. The van der Waals surface area contributed by atoms with Crippen molar-refractivity contribution in [3.05, 3.63) is 0 Å². The van der Waals surface area contributed by atoms with Gasteiger partial charge in [0.2, 0.25) is 5.91 Å². The number of ether oxygens (including phenoxy) is 1. The first-order valence-electron chi connectivity index (χ1n) is 5.40. The minimum Gasteiger partial charge on any atom is -0.381 e. The maximum atomic E-state index is 12.2. The molecule has 3 nitrogen and oxygen atoms in total. The summed E-state index contributed by atoms with van der Waals surface area (Å²) < 4.78 is 5.26. The van der Waals surface area contributed by atoms with Gasteiger partial charge in [0.25, 0.3) is 0 Å². The Morgan fingerprint density at radius 1 is 1.47 bits per heavy atom. The number of carbonyl (C=O) groups excluding carboxylic acids is 1. The quantitative estimate of drug-likeness (QED) is 0.739. The molecule has 0 bridgehead atoms. The van der Waals surface area contributed by atoms with Crippen molar-refractivity contribution in [3.8, 4) is 0 Å². The molecule has 0 aromatic carbocycles. The van der Waals surface area contributed by atoms with Crippen LogP contribution in [0.4, 0.5) is 0 Å². The molecule has 0 aliphatic carbocycles. The van der Waals surface area contributed by atoms with E-state index < -0.39 is 0 Å². The molecular weight excluding hydrogens is 258 g/mol. The van der Waals surface area contributed by atoms with Gasteiger partial charge in [0.05, 0.1) is 0 Å². The third-order valence-corrected chi connectivity index (χ3v) is 4.51. The van der Waals surface area contributed by atoms with Crippen molar-refractivity contribution in [3.63, 3.8) is 0 Å². The number of hydrogen-bond donors (Lipinski definition) is 0. The summed E-state index contributed by atoms with van der Waals surface area (Å²) >= 11 is 3.45. The molecule has 0 aromatic heterocycles. The first-order valence-corrected chi connectivity index (χ1v) is 6.52. The summed E-state index contributed by atoms with van der Waals surface area (Å²) in [5.41, 5.74) is -0.116. The van der Waals surface area contributed by atoms with Crippen LogP contribution in [-0.2, 0) is 9.53 Å². The lowest BCUT2D eigenvalue weighted by atomic mass is 9.96. The molecule has 88 valence electrons. The minimum absolute atomic E-state index is 0.116. The van der Waals surface area contributed by atoms with Gasteiger partial charge in [-0.05, 0) is 26.7 Å². The summed E-state index contributed by atoms with van der Waals surface area (Å²) in [7, 11) is 1.89. The lowest BCUT2D eigenvalue weighted by molar-refractivity contribution is -0.141. The molecule has 0 unspecified atom stereocenters. The van der Waals surface area contributed by atoms with Gasteiger partial charge >= 0.3 is 0 Å². The van der Waals surface area contributed by atoms with E-state index >= 15 is 0 Å². The Morgan fingerprint density at radius 3 is 2.47 bits per heavy atom. The van der Waals surface area contributed by atoms with E-state index in [9.17, 15) is 4.79 Å². The molecule has 1 aliphatic heterocycles. The number of nitrogens with zero attached hydrogens (tertiary/aromatic N) is 1. The van der Waals surface area contributed by atoms with E-state index in [0.717, 1.165) is 31.4 Å². The van der Waals surface area contributed by atoms with Crippen molar-refractivity contribution in [1.82, 2.24) is 4.90 Å². The topological polar surface area (TPSA) is 29.5 Å². The predicted molar refractivity (Wildman–Crippen MR) is 64.2 cm³/mol. The molecule has 0 N–H and O–H groups in total. The van der Waals surface area contributed by atoms with E-state index in [0.29, 0.717) is 0 Å². The fraction of sp³-hybridized carbons (Fsp3) is 0.909. The number of alkyl halides is 1. The fourth-order valence-electron chi connectivity index (χ4n) is 1.61. The van der Waals surface area contributed by atoms with Gasteiger partial charge in [0.1, 0.15) is 0 Å². The Hall–Kier alpha value is -0.0900. The van der Waals surface area contributed by atoms with Crippen molar-refractivity contribution in [2.45, 2.75) is 32.2 Å². The first-order chi connectivity index (χ1) is 6.99. The van der Waals surface area contributed by atoms with Crippen molar-refractivity contribution < 1.29 is 9.53 Å². The lowest BCUT2D eigenvalue weighted by Gasteiger charge is -2.37. The van der Waals surface area contributed by atoms with Gasteiger partial charge in [0.15, 0.2) is 0 Å². The van der Waals surface area contributed by atoms with Gasteiger partial charge in [-0.2, -0.15) is 0 Å². The van der Waals surface area contributed by atoms with E-state index in [4.69, 9.17) is 4.74 Å². The van der Waals surface area contributed by atoms with Crippen molar-refractivity contribution in [1.29, 1.82) is 0 Å². The maximum Gasteiger partial charge on any atom is 0.226 e. The molecule has 15 heavy (non-hydrogen) atoms. The van der Waals surface area contributed by atoms with E-state index in [-0.39, 0.29) is 17.4 Å². The zero-order chi connectivity index (χ0) is 11.5. The molecule has 1 fully saturated rings. The minimum atomic E-state index is -0.116. The van der Waals surface area contributed by atoms with Crippen molar-refractivity contribution >= 4 is 21.8 Å². The van der Waals surface area contributed by atoms with Gasteiger partial charge in [-0.3, -0.25) is 4.79 Å². The molecule has 1 rings (SSSR count). The number of hydrogen-bond acceptors (Lipinski definition) is 2. The smallest absolute Gasteiger partial charge is 0.226 e. The molecule has 1 amide bonds. The summed E-state index contributed by atoms with van der Waals surface area (Å²) in [4.78, 5) is 14.0. The average molecular weight is 278 g/mol. The summed E-state index contributed by atoms with van der Waals surface area (Å²) in [6, 6.07) is 0. The van der Waals surface area contributed by atoms with Gasteiger partial charge in [-0.25, -0.2) is 0 Å². The third-order valence-electron chi connectivity index (χ3n) is 3.14. The Kier molecular flexibility index (Phi) is 4.59. The summed E-state index contributed by atoms with van der Waals surface area (Å²) in [6.45, 7) is 5.58. The van der Waals surface area contributed by atoms with E-state index in [2.05, 4.69) is 29.8 Å². The van der Waals surface area contributed by atoms with Gasteiger partial charge in [0, 0.05) is 37.0 Å². The normalized spacial score (nSPS) is 18.9. The highest BCUT2D eigenvalue weighted by molar-refractivity contribution is 9.09. The fourth-order valence-corrected chi connectivity index (χ4v) is 1.98. The molecule has 0 atom stereocenters. The molecule has 1 saturated heterocycles. The number of rotatable bonds is 3. The first kappa shape index (κ1) is 13.0.